The molecule has 0 bridgehead atoms. The SMILES string of the molecule is Cc1ccccc1NS(=O)(=O)c1ccc(C(=O)NCCCS(=O)(=O)c2ccccc2)cc1. The van der Waals surface area contributed by atoms with Crippen molar-refractivity contribution in [3.05, 3.63) is 90.0 Å². The molecule has 0 aliphatic rings. The molecule has 0 spiro atoms. The standard InChI is InChI=1S/C23H24N2O5S2/c1-18-8-5-6-11-22(18)25-32(29,30)21-14-12-19(13-15-21)23(26)24-16-7-17-31(27,28)20-9-3-2-4-10-20/h2-6,8-15,25H,7,16-17H2,1H3,(H,24,26). The van der Waals surface area contributed by atoms with Crippen LogP contribution in [0.1, 0.15) is 22.3 Å². The van der Waals surface area contributed by atoms with E-state index in [1.54, 1.807) is 43.3 Å². The van der Waals surface area contributed by atoms with E-state index in [1.807, 2.05) is 6.07 Å². The van der Waals surface area contributed by atoms with Crippen molar-refractivity contribution in [2.75, 3.05) is 17.0 Å². The lowest BCUT2D eigenvalue weighted by atomic mass is 10.2. The molecule has 0 heterocycles. The van der Waals surface area contributed by atoms with Gasteiger partial charge < -0.3 is 5.32 Å². The first kappa shape index (κ1) is 23.5. The topological polar surface area (TPSA) is 109 Å². The fraction of sp³-hybridized carbons (Fsp3) is 0.174. The molecular formula is C23H24N2O5S2. The molecule has 168 valence electrons. The van der Waals surface area contributed by atoms with Crippen LogP contribution < -0.4 is 10.0 Å². The molecule has 3 rings (SSSR count). The van der Waals surface area contributed by atoms with Crippen LogP contribution in [0.3, 0.4) is 0 Å². The van der Waals surface area contributed by atoms with E-state index < -0.39 is 25.8 Å². The van der Waals surface area contributed by atoms with Crippen LogP contribution in [0.25, 0.3) is 0 Å². The van der Waals surface area contributed by atoms with Gasteiger partial charge in [-0.3, -0.25) is 9.52 Å². The highest BCUT2D eigenvalue weighted by Crippen LogP contribution is 2.19. The fourth-order valence-electron chi connectivity index (χ4n) is 2.99. The normalized spacial score (nSPS) is 11.7. The highest BCUT2D eigenvalue weighted by atomic mass is 32.2. The zero-order valence-corrected chi connectivity index (χ0v) is 19.1. The second-order valence-corrected chi connectivity index (χ2v) is 11.0. The van der Waals surface area contributed by atoms with Gasteiger partial charge in [0.1, 0.15) is 0 Å². The lowest BCUT2D eigenvalue weighted by molar-refractivity contribution is 0.0953. The molecule has 0 aliphatic carbocycles. The molecule has 2 N–H and O–H groups in total. The van der Waals surface area contributed by atoms with E-state index in [0.717, 1.165) is 5.56 Å². The van der Waals surface area contributed by atoms with Gasteiger partial charge in [0.05, 0.1) is 21.2 Å². The molecule has 0 aliphatic heterocycles. The molecule has 0 saturated heterocycles. The largest absolute Gasteiger partial charge is 0.352 e. The average Bonchev–Trinajstić information content (AvgIpc) is 2.79. The van der Waals surface area contributed by atoms with Crippen LogP contribution in [-0.2, 0) is 19.9 Å². The van der Waals surface area contributed by atoms with Gasteiger partial charge in [-0.15, -0.1) is 0 Å². The Morgan fingerprint density at radius 2 is 1.41 bits per heavy atom. The van der Waals surface area contributed by atoms with Gasteiger partial charge in [0.2, 0.25) is 0 Å². The first-order valence-electron chi connectivity index (χ1n) is 9.93. The van der Waals surface area contributed by atoms with E-state index in [0.29, 0.717) is 5.69 Å². The van der Waals surface area contributed by atoms with Gasteiger partial charge in [-0.1, -0.05) is 36.4 Å². The van der Waals surface area contributed by atoms with Gasteiger partial charge in [0.15, 0.2) is 9.84 Å². The van der Waals surface area contributed by atoms with Gasteiger partial charge in [-0.2, -0.15) is 0 Å². The smallest absolute Gasteiger partial charge is 0.261 e. The Bertz CT molecular complexity index is 1290. The number of hydrogen-bond acceptors (Lipinski definition) is 5. The van der Waals surface area contributed by atoms with E-state index in [9.17, 15) is 21.6 Å². The molecule has 0 unspecified atom stereocenters. The molecule has 0 atom stereocenters. The van der Waals surface area contributed by atoms with Gasteiger partial charge >= 0.3 is 0 Å². The van der Waals surface area contributed by atoms with Crippen molar-refractivity contribution in [3.63, 3.8) is 0 Å². The number of carbonyl (C=O) groups is 1. The molecule has 0 radical (unpaired) electrons. The molecule has 0 saturated carbocycles. The summed E-state index contributed by atoms with van der Waals surface area (Å²) in [7, 11) is -7.19. The Balaban J connectivity index is 1.55. The highest BCUT2D eigenvalue weighted by molar-refractivity contribution is 7.92. The Labute approximate surface area is 188 Å². The van der Waals surface area contributed by atoms with Crippen LogP contribution in [0.15, 0.2) is 88.7 Å². The van der Waals surface area contributed by atoms with E-state index in [4.69, 9.17) is 0 Å². The zero-order valence-electron chi connectivity index (χ0n) is 17.5. The molecule has 32 heavy (non-hydrogen) atoms. The zero-order chi connectivity index (χ0) is 23.2. The van der Waals surface area contributed by atoms with Crippen molar-refractivity contribution in [2.45, 2.75) is 23.1 Å². The number of amides is 1. The average molecular weight is 473 g/mol. The monoisotopic (exact) mass is 472 g/mol. The molecule has 1 amide bonds. The van der Waals surface area contributed by atoms with Crippen LogP contribution in [0.4, 0.5) is 5.69 Å². The van der Waals surface area contributed by atoms with Gasteiger partial charge in [-0.25, -0.2) is 16.8 Å². The number of sulfonamides is 1. The van der Waals surface area contributed by atoms with Crippen molar-refractivity contribution in [1.29, 1.82) is 0 Å². The van der Waals surface area contributed by atoms with E-state index in [1.165, 1.54) is 36.4 Å². The number of aryl methyl sites for hydroxylation is 1. The maximum Gasteiger partial charge on any atom is 0.261 e. The Kier molecular flexibility index (Phi) is 7.32. The summed E-state index contributed by atoms with van der Waals surface area (Å²) >= 11 is 0. The maximum atomic E-state index is 12.6. The van der Waals surface area contributed by atoms with Gasteiger partial charge in [0, 0.05) is 12.1 Å². The van der Waals surface area contributed by atoms with Gasteiger partial charge in [0.25, 0.3) is 15.9 Å². The minimum Gasteiger partial charge on any atom is -0.352 e. The highest BCUT2D eigenvalue weighted by Gasteiger charge is 2.17. The predicted octanol–water partition coefficient (Wildman–Crippen LogP) is 3.39. The summed E-state index contributed by atoms with van der Waals surface area (Å²) in [5.74, 6) is -0.489. The Morgan fingerprint density at radius 3 is 2.06 bits per heavy atom. The summed E-state index contributed by atoms with van der Waals surface area (Å²) in [6.45, 7) is 1.98. The summed E-state index contributed by atoms with van der Waals surface area (Å²) in [5.41, 5.74) is 1.56. The third kappa shape index (κ3) is 5.95. The number of sulfone groups is 1. The quantitative estimate of drug-likeness (QED) is 0.464. The number of anilines is 1. The predicted molar refractivity (Wildman–Crippen MR) is 124 cm³/mol. The third-order valence-electron chi connectivity index (χ3n) is 4.79. The van der Waals surface area contributed by atoms with Crippen molar-refractivity contribution in [1.82, 2.24) is 5.32 Å². The number of hydrogen-bond donors (Lipinski definition) is 2. The maximum absolute atomic E-state index is 12.6. The van der Waals surface area contributed by atoms with Crippen molar-refractivity contribution < 1.29 is 21.6 Å². The van der Waals surface area contributed by atoms with Crippen LogP contribution in [-0.4, -0.2) is 35.0 Å². The van der Waals surface area contributed by atoms with E-state index in [2.05, 4.69) is 10.0 Å². The number of nitrogens with one attached hydrogen (secondary N) is 2. The lowest BCUT2D eigenvalue weighted by Crippen LogP contribution is -2.26. The summed E-state index contributed by atoms with van der Waals surface area (Å²) in [6.07, 6.45) is 0.260. The van der Waals surface area contributed by atoms with Crippen molar-refractivity contribution in [2.24, 2.45) is 0 Å². The van der Waals surface area contributed by atoms with Crippen LogP contribution in [0.5, 0.6) is 0 Å². The molecule has 3 aromatic rings. The Hall–Kier alpha value is -3.17. The molecule has 3 aromatic carbocycles. The Morgan fingerprint density at radius 1 is 0.781 bits per heavy atom. The van der Waals surface area contributed by atoms with Gasteiger partial charge in [-0.05, 0) is 61.4 Å². The molecule has 0 fully saturated rings. The minimum absolute atomic E-state index is 0.0336. The first-order chi connectivity index (χ1) is 15.2. The second kappa shape index (κ2) is 9.97. The summed E-state index contributed by atoms with van der Waals surface area (Å²) in [5, 5.41) is 2.66. The van der Waals surface area contributed by atoms with Crippen molar-refractivity contribution in [3.8, 4) is 0 Å². The number of rotatable bonds is 9. The molecule has 0 aromatic heterocycles. The summed E-state index contributed by atoms with van der Waals surface area (Å²) in [6, 6.07) is 20.7. The van der Waals surface area contributed by atoms with Crippen molar-refractivity contribution >= 4 is 31.5 Å². The third-order valence-corrected chi connectivity index (χ3v) is 7.99. The number of carbonyl (C=O) groups excluding carboxylic acids is 1. The molecule has 7 nitrogen and oxygen atoms in total. The van der Waals surface area contributed by atoms with E-state index in [-0.39, 0.29) is 34.1 Å². The number of benzene rings is 3. The fourth-order valence-corrected chi connectivity index (χ4v) is 5.45. The van der Waals surface area contributed by atoms with Crippen LogP contribution in [0.2, 0.25) is 0 Å². The van der Waals surface area contributed by atoms with E-state index >= 15 is 0 Å². The first-order valence-corrected chi connectivity index (χ1v) is 13.1. The lowest BCUT2D eigenvalue weighted by Gasteiger charge is -2.11. The summed E-state index contributed by atoms with van der Waals surface area (Å²) < 4.78 is 52.2. The molecule has 9 heteroatoms. The minimum atomic E-state index is -3.79. The number of para-hydroxylation sites is 1. The summed E-state index contributed by atoms with van der Waals surface area (Å²) in [4.78, 5) is 12.6. The molecular weight excluding hydrogens is 448 g/mol. The second-order valence-electron chi connectivity index (χ2n) is 7.19. The van der Waals surface area contributed by atoms with Crippen LogP contribution >= 0.6 is 0 Å². The van der Waals surface area contributed by atoms with Crippen LogP contribution in [0, 0.1) is 6.92 Å².